The molecule has 0 aliphatic carbocycles. The Hall–Kier alpha value is -0.700. The van der Waals surface area contributed by atoms with Crippen LogP contribution in [0.25, 0.3) is 6.08 Å². The van der Waals surface area contributed by atoms with E-state index in [4.69, 9.17) is 0 Å². The summed E-state index contributed by atoms with van der Waals surface area (Å²) >= 11 is 1.06. The molecule has 0 aliphatic rings. The van der Waals surface area contributed by atoms with E-state index >= 15 is 0 Å². The van der Waals surface area contributed by atoms with E-state index in [2.05, 4.69) is 6.58 Å². The van der Waals surface area contributed by atoms with Gasteiger partial charge in [-0.3, -0.25) is 0 Å². The van der Waals surface area contributed by atoms with Gasteiger partial charge in [0.2, 0.25) is 0 Å². The normalized spacial score (nSPS) is 10.3. The summed E-state index contributed by atoms with van der Waals surface area (Å²) in [6, 6.07) is 1.45. The Kier molecular flexibility index (Phi) is 2.17. The van der Waals surface area contributed by atoms with E-state index in [1.807, 2.05) is 0 Å². The quantitative estimate of drug-likeness (QED) is 0.622. The summed E-state index contributed by atoms with van der Waals surface area (Å²) in [6.07, 6.45) is -0.791. The second-order valence-corrected chi connectivity index (χ2v) is 2.73. The molecule has 0 spiro atoms. The molecule has 0 unspecified atom stereocenters. The van der Waals surface area contributed by atoms with Gasteiger partial charge in [-0.15, -0.1) is 11.3 Å². The maximum absolute atomic E-state index is 11.9. The third-order valence-electron chi connectivity index (χ3n) is 1.09. The molecule has 0 aliphatic heterocycles. The molecular weight excluding hydrogens is 154 g/mol. The number of hydrogen-bond donors (Lipinski definition) is 0. The van der Waals surface area contributed by atoms with Crippen LogP contribution in [0.5, 0.6) is 0 Å². The number of rotatable bonds is 2. The molecule has 1 heterocycles. The van der Waals surface area contributed by atoms with E-state index in [1.54, 1.807) is 11.5 Å². The molecule has 54 valence electrons. The average Bonchev–Trinajstić information content (AvgIpc) is 2.34. The minimum atomic E-state index is -2.35. The van der Waals surface area contributed by atoms with Crippen molar-refractivity contribution < 1.29 is 8.78 Å². The fourth-order valence-corrected chi connectivity index (χ4v) is 1.33. The van der Waals surface area contributed by atoms with E-state index in [1.165, 1.54) is 6.07 Å². The smallest absolute Gasteiger partial charge is 0.204 e. The van der Waals surface area contributed by atoms with E-state index in [9.17, 15) is 8.78 Å². The Balaban J connectivity index is 2.88. The maximum Gasteiger partial charge on any atom is 0.272 e. The SMILES string of the molecule is C=Cc1csc(C(F)F)c1. The van der Waals surface area contributed by atoms with Gasteiger partial charge in [0.15, 0.2) is 0 Å². The van der Waals surface area contributed by atoms with Crippen LogP contribution in [0.4, 0.5) is 8.78 Å². The second kappa shape index (κ2) is 2.92. The second-order valence-electron chi connectivity index (χ2n) is 1.79. The highest BCUT2D eigenvalue weighted by Gasteiger charge is 2.07. The molecule has 0 bridgehead atoms. The molecule has 0 N–H and O–H groups in total. The van der Waals surface area contributed by atoms with E-state index in [-0.39, 0.29) is 4.88 Å². The van der Waals surface area contributed by atoms with Gasteiger partial charge in [-0.2, -0.15) is 0 Å². The number of hydrogen-bond acceptors (Lipinski definition) is 1. The van der Waals surface area contributed by atoms with Crippen molar-refractivity contribution in [1.29, 1.82) is 0 Å². The van der Waals surface area contributed by atoms with Crippen LogP contribution in [0, 0.1) is 0 Å². The first-order chi connectivity index (χ1) is 4.74. The average molecular weight is 160 g/mol. The Morgan fingerprint density at radius 3 is 2.60 bits per heavy atom. The number of alkyl halides is 2. The van der Waals surface area contributed by atoms with Crippen LogP contribution in [0.2, 0.25) is 0 Å². The predicted octanol–water partition coefficient (Wildman–Crippen LogP) is 3.33. The molecule has 10 heavy (non-hydrogen) atoms. The van der Waals surface area contributed by atoms with Gasteiger partial charge in [0, 0.05) is 0 Å². The van der Waals surface area contributed by atoms with Crippen molar-refractivity contribution >= 4 is 17.4 Å². The maximum atomic E-state index is 11.9. The van der Waals surface area contributed by atoms with Gasteiger partial charge in [0.25, 0.3) is 6.43 Å². The lowest BCUT2D eigenvalue weighted by Gasteiger charge is -1.88. The lowest BCUT2D eigenvalue weighted by Crippen LogP contribution is -1.73. The monoisotopic (exact) mass is 160 g/mol. The minimum absolute atomic E-state index is 0.106. The first-order valence-electron chi connectivity index (χ1n) is 2.73. The summed E-state index contributed by atoms with van der Waals surface area (Å²) in [5.74, 6) is 0. The summed E-state index contributed by atoms with van der Waals surface area (Å²) in [4.78, 5) is 0.106. The number of halogens is 2. The van der Waals surface area contributed by atoms with Crippen LogP contribution in [0.15, 0.2) is 18.0 Å². The lowest BCUT2D eigenvalue weighted by molar-refractivity contribution is 0.155. The van der Waals surface area contributed by atoms with Crippen LogP contribution < -0.4 is 0 Å². The van der Waals surface area contributed by atoms with Gasteiger partial charge in [0.1, 0.15) is 0 Å². The molecule has 0 fully saturated rings. The molecule has 0 radical (unpaired) electrons. The van der Waals surface area contributed by atoms with Gasteiger partial charge >= 0.3 is 0 Å². The summed E-state index contributed by atoms with van der Waals surface area (Å²) in [6.45, 7) is 3.47. The molecule has 0 atom stereocenters. The van der Waals surface area contributed by atoms with Crippen molar-refractivity contribution in [2.45, 2.75) is 6.43 Å². The third kappa shape index (κ3) is 1.42. The van der Waals surface area contributed by atoms with Crippen molar-refractivity contribution in [2.75, 3.05) is 0 Å². The molecule has 1 aromatic heterocycles. The van der Waals surface area contributed by atoms with Crippen molar-refractivity contribution in [1.82, 2.24) is 0 Å². The van der Waals surface area contributed by atoms with Gasteiger partial charge in [0.05, 0.1) is 4.88 Å². The topological polar surface area (TPSA) is 0 Å². The van der Waals surface area contributed by atoms with Crippen molar-refractivity contribution in [3.8, 4) is 0 Å². The first kappa shape index (κ1) is 7.41. The van der Waals surface area contributed by atoms with E-state index in [0.717, 1.165) is 16.9 Å². The molecule has 0 nitrogen and oxygen atoms in total. The molecular formula is C7H6F2S. The zero-order chi connectivity index (χ0) is 7.56. The summed E-state index contributed by atoms with van der Waals surface area (Å²) in [5, 5.41) is 1.66. The summed E-state index contributed by atoms with van der Waals surface area (Å²) < 4.78 is 23.8. The Labute approximate surface area is 61.8 Å². The minimum Gasteiger partial charge on any atom is -0.204 e. The predicted molar refractivity (Wildman–Crippen MR) is 39.4 cm³/mol. The highest BCUT2D eigenvalue weighted by molar-refractivity contribution is 7.10. The van der Waals surface area contributed by atoms with Crippen LogP contribution in [-0.2, 0) is 0 Å². The Bertz CT molecular complexity index is 227. The van der Waals surface area contributed by atoms with Crippen molar-refractivity contribution in [2.24, 2.45) is 0 Å². The van der Waals surface area contributed by atoms with E-state index in [0.29, 0.717) is 0 Å². The molecule has 1 rings (SSSR count). The standard InChI is InChI=1S/C7H6F2S/c1-2-5-3-6(7(8)9)10-4-5/h2-4,7H,1H2. The summed E-state index contributed by atoms with van der Waals surface area (Å²) in [5.41, 5.74) is 0.764. The third-order valence-corrected chi connectivity index (χ3v) is 2.05. The Morgan fingerprint density at radius 2 is 2.30 bits per heavy atom. The summed E-state index contributed by atoms with van der Waals surface area (Å²) in [7, 11) is 0. The zero-order valence-electron chi connectivity index (χ0n) is 5.18. The van der Waals surface area contributed by atoms with Gasteiger partial charge in [-0.05, 0) is 17.0 Å². The van der Waals surface area contributed by atoms with Crippen molar-refractivity contribution in [3.05, 3.63) is 28.5 Å². The first-order valence-corrected chi connectivity index (χ1v) is 3.61. The number of thiophene rings is 1. The molecule has 0 aromatic carbocycles. The molecule has 0 saturated carbocycles. The largest absolute Gasteiger partial charge is 0.272 e. The fourth-order valence-electron chi connectivity index (χ4n) is 0.590. The van der Waals surface area contributed by atoms with Gasteiger partial charge in [-0.1, -0.05) is 12.7 Å². The molecule has 0 saturated heterocycles. The molecule has 1 aromatic rings. The Morgan fingerprint density at radius 1 is 1.60 bits per heavy atom. The highest BCUT2D eigenvalue weighted by Crippen LogP contribution is 2.26. The van der Waals surface area contributed by atoms with Gasteiger partial charge < -0.3 is 0 Å². The van der Waals surface area contributed by atoms with E-state index < -0.39 is 6.43 Å². The fraction of sp³-hybridized carbons (Fsp3) is 0.143. The molecule has 3 heteroatoms. The molecule has 0 amide bonds. The van der Waals surface area contributed by atoms with Crippen LogP contribution >= 0.6 is 11.3 Å². The van der Waals surface area contributed by atoms with Crippen LogP contribution in [-0.4, -0.2) is 0 Å². The van der Waals surface area contributed by atoms with Crippen LogP contribution in [0.3, 0.4) is 0 Å². The lowest BCUT2D eigenvalue weighted by atomic mass is 10.3. The highest BCUT2D eigenvalue weighted by atomic mass is 32.1. The van der Waals surface area contributed by atoms with Crippen molar-refractivity contribution in [3.63, 3.8) is 0 Å². The van der Waals surface area contributed by atoms with Gasteiger partial charge in [-0.25, -0.2) is 8.78 Å². The zero-order valence-corrected chi connectivity index (χ0v) is 6.00. The van der Waals surface area contributed by atoms with Crippen LogP contribution in [0.1, 0.15) is 16.9 Å².